The average Bonchev–Trinajstić information content (AvgIpc) is 2.85. The van der Waals surface area contributed by atoms with Gasteiger partial charge in [-0.3, -0.25) is 0 Å². The maximum Gasteiger partial charge on any atom is 0.110 e. The molecule has 0 radical (unpaired) electrons. The van der Waals surface area contributed by atoms with E-state index in [9.17, 15) is 0 Å². The Morgan fingerprint density at radius 2 is 2.16 bits per heavy atom. The van der Waals surface area contributed by atoms with Gasteiger partial charge in [-0.2, -0.15) is 0 Å². The van der Waals surface area contributed by atoms with Gasteiger partial charge in [0.25, 0.3) is 0 Å². The van der Waals surface area contributed by atoms with E-state index in [1.165, 1.54) is 0 Å². The number of hydrogen-bond acceptors (Lipinski definition) is 2. The summed E-state index contributed by atoms with van der Waals surface area (Å²) in [5.41, 5.74) is 7.58. The Kier molecular flexibility index (Phi) is 4.86. The third-order valence-electron chi connectivity index (χ3n) is 3.13. The number of nitrogens with zero attached hydrogens (tertiary/aromatic N) is 1. The first kappa shape index (κ1) is 14.4. The second-order valence-electron chi connectivity index (χ2n) is 4.53. The zero-order valence-electron chi connectivity index (χ0n) is 10.8. The van der Waals surface area contributed by atoms with Gasteiger partial charge in [-0.05, 0) is 24.6 Å². The lowest BCUT2D eigenvalue weighted by molar-refractivity contribution is 0.595. The molecule has 102 valence electrons. The molecule has 0 saturated carbocycles. The van der Waals surface area contributed by atoms with Crippen molar-refractivity contribution in [2.45, 2.75) is 25.7 Å². The number of H-pyrrole nitrogens is 1. The Morgan fingerprint density at radius 1 is 1.37 bits per heavy atom. The molecule has 19 heavy (non-hydrogen) atoms. The maximum atomic E-state index is 6.19. The molecule has 0 fully saturated rings. The van der Waals surface area contributed by atoms with Crippen LogP contribution in [0.1, 0.15) is 31.5 Å². The first-order valence-electron chi connectivity index (χ1n) is 6.36. The molecular formula is C14H17Cl2N3. The lowest BCUT2D eigenvalue weighted by atomic mass is 10.0. The van der Waals surface area contributed by atoms with E-state index in [-0.39, 0.29) is 5.92 Å². The van der Waals surface area contributed by atoms with E-state index in [1.54, 1.807) is 12.3 Å². The second kappa shape index (κ2) is 6.42. The van der Waals surface area contributed by atoms with E-state index >= 15 is 0 Å². The zero-order valence-corrected chi connectivity index (χ0v) is 12.3. The Labute approximate surface area is 123 Å². The smallest absolute Gasteiger partial charge is 0.110 e. The molecule has 3 nitrogen and oxygen atoms in total. The molecule has 0 amide bonds. The van der Waals surface area contributed by atoms with Crippen LogP contribution in [0, 0.1) is 0 Å². The second-order valence-corrected chi connectivity index (χ2v) is 5.37. The third-order valence-corrected chi connectivity index (χ3v) is 3.67. The number of benzene rings is 1. The molecule has 0 saturated heterocycles. The topological polar surface area (TPSA) is 54.7 Å². The quantitative estimate of drug-likeness (QED) is 0.868. The summed E-state index contributed by atoms with van der Waals surface area (Å²) in [7, 11) is 0. The van der Waals surface area contributed by atoms with Crippen molar-refractivity contribution in [3.8, 4) is 11.3 Å². The Hall–Kier alpha value is -1.03. The van der Waals surface area contributed by atoms with Crippen LogP contribution in [0.4, 0.5) is 0 Å². The number of nitrogens with one attached hydrogen (secondary N) is 1. The largest absolute Gasteiger partial charge is 0.342 e. The minimum atomic E-state index is 0.268. The number of nitrogens with two attached hydrogens (primary N) is 1. The average molecular weight is 298 g/mol. The predicted octanol–water partition coefficient (Wildman–Crippen LogP) is 4.23. The molecule has 0 bridgehead atoms. The van der Waals surface area contributed by atoms with Crippen molar-refractivity contribution in [2.24, 2.45) is 5.73 Å². The minimum Gasteiger partial charge on any atom is -0.342 e. The molecule has 0 spiro atoms. The molecule has 2 aromatic rings. The van der Waals surface area contributed by atoms with Crippen LogP contribution in [-0.2, 0) is 0 Å². The lowest BCUT2D eigenvalue weighted by Gasteiger charge is -2.10. The van der Waals surface area contributed by atoms with E-state index < -0.39 is 0 Å². The van der Waals surface area contributed by atoms with Crippen molar-refractivity contribution in [1.82, 2.24) is 9.97 Å². The third kappa shape index (κ3) is 3.30. The van der Waals surface area contributed by atoms with Crippen molar-refractivity contribution in [1.29, 1.82) is 0 Å². The van der Waals surface area contributed by atoms with Crippen LogP contribution in [-0.4, -0.2) is 16.5 Å². The number of rotatable bonds is 5. The van der Waals surface area contributed by atoms with Gasteiger partial charge in [0.1, 0.15) is 5.82 Å². The van der Waals surface area contributed by atoms with Crippen LogP contribution in [0.5, 0.6) is 0 Å². The Morgan fingerprint density at radius 3 is 2.79 bits per heavy atom. The van der Waals surface area contributed by atoms with Crippen LogP contribution in [0.2, 0.25) is 10.0 Å². The molecule has 3 N–H and O–H groups in total. The standard InChI is InChI=1S/C14H17Cl2N3/c1-2-3-9(7-17)14-18-8-13(19-14)11-5-4-10(15)6-12(11)16/h4-6,8-9H,2-3,7,17H2,1H3,(H,18,19). The zero-order chi connectivity index (χ0) is 13.8. The Balaban J connectivity index is 2.29. The summed E-state index contributed by atoms with van der Waals surface area (Å²) in [5.74, 6) is 1.19. The minimum absolute atomic E-state index is 0.268. The fraction of sp³-hybridized carbons (Fsp3) is 0.357. The van der Waals surface area contributed by atoms with Gasteiger partial charge in [0.2, 0.25) is 0 Å². The van der Waals surface area contributed by atoms with Crippen LogP contribution in [0.25, 0.3) is 11.3 Å². The summed E-state index contributed by atoms with van der Waals surface area (Å²) in [6, 6.07) is 5.43. The van der Waals surface area contributed by atoms with E-state index in [0.29, 0.717) is 16.6 Å². The van der Waals surface area contributed by atoms with Crippen molar-refractivity contribution in [2.75, 3.05) is 6.54 Å². The van der Waals surface area contributed by atoms with Gasteiger partial charge in [0, 0.05) is 23.0 Å². The molecule has 1 atom stereocenters. The molecule has 1 heterocycles. The molecule has 0 aliphatic rings. The van der Waals surface area contributed by atoms with Gasteiger partial charge in [0.15, 0.2) is 0 Å². The SMILES string of the molecule is CCCC(CN)c1ncc(-c2ccc(Cl)cc2Cl)[nH]1. The van der Waals surface area contributed by atoms with E-state index in [1.807, 2.05) is 12.1 Å². The van der Waals surface area contributed by atoms with Crippen LogP contribution < -0.4 is 5.73 Å². The summed E-state index contributed by atoms with van der Waals surface area (Å²) in [6.45, 7) is 2.73. The molecule has 1 aromatic heterocycles. The van der Waals surface area contributed by atoms with Crippen molar-refractivity contribution < 1.29 is 0 Å². The maximum absolute atomic E-state index is 6.19. The van der Waals surface area contributed by atoms with E-state index in [0.717, 1.165) is 29.9 Å². The molecule has 5 heteroatoms. The first-order chi connectivity index (χ1) is 9.15. The number of imidazole rings is 1. The summed E-state index contributed by atoms with van der Waals surface area (Å²) >= 11 is 12.1. The van der Waals surface area contributed by atoms with Gasteiger partial charge in [-0.1, -0.05) is 36.5 Å². The van der Waals surface area contributed by atoms with Gasteiger partial charge >= 0.3 is 0 Å². The number of aromatic amines is 1. The summed E-state index contributed by atoms with van der Waals surface area (Å²) in [4.78, 5) is 7.73. The number of hydrogen-bond donors (Lipinski definition) is 2. The van der Waals surface area contributed by atoms with Gasteiger partial charge < -0.3 is 10.7 Å². The summed E-state index contributed by atoms with van der Waals surface area (Å²) in [5, 5.41) is 1.24. The fourth-order valence-electron chi connectivity index (χ4n) is 2.10. The molecule has 2 rings (SSSR count). The summed E-state index contributed by atoms with van der Waals surface area (Å²) < 4.78 is 0. The van der Waals surface area contributed by atoms with E-state index in [4.69, 9.17) is 28.9 Å². The van der Waals surface area contributed by atoms with Gasteiger partial charge in [0.05, 0.1) is 16.9 Å². The highest BCUT2D eigenvalue weighted by atomic mass is 35.5. The highest BCUT2D eigenvalue weighted by Crippen LogP contribution is 2.30. The van der Waals surface area contributed by atoms with Crippen molar-refractivity contribution in [3.63, 3.8) is 0 Å². The fourth-order valence-corrected chi connectivity index (χ4v) is 2.61. The normalized spacial score (nSPS) is 12.6. The van der Waals surface area contributed by atoms with Crippen molar-refractivity contribution >= 4 is 23.2 Å². The van der Waals surface area contributed by atoms with Crippen LogP contribution in [0.15, 0.2) is 24.4 Å². The Bertz CT molecular complexity index is 551. The highest BCUT2D eigenvalue weighted by Gasteiger charge is 2.14. The van der Waals surface area contributed by atoms with Crippen molar-refractivity contribution in [3.05, 3.63) is 40.3 Å². The predicted molar refractivity (Wildman–Crippen MR) is 80.7 cm³/mol. The highest BCUT2D eigenvalue weighted by molar-refractivity contribution is 6.36. The lowest BCUT2D eigenvalue weighted by Crippen LogP contribution is -2.13. The molecule has 0 aliphatic heterocycles. The van der Waals surface area contributed by atoms with E-state index in [2.05, 4.69) is 16.9 Å². The van der Waals surface area contributed by atoms with Gasteiger partial charge in [-0.25, -0.2) is 4.98 Å². The molecule has 0 aliphatic carbocycles. The molecular weight excluding hydrogens is 281 g/mol. The van der Waals surface area contributed by atoms with Crippen LogP contribution in [0.3, 0.4) is 0 Å². The summed E-state index contributed by atoms with van der Waals surface area (Å²) in [6.07, 6.45) is 3.90. The molecule has 1 aromatic carbocycles. The monoisotopic (exact) mass is 297 g/mol. The molecule has 1 unspecified atom stereocenters. The first-order valence-corrected chi connectivity index (χ1v) is 7.11. The van der Waals surface area contributed by atoms with Crippen LogP contribution >= 0.6 is 23.2 Å². The number of aromatic nitrogens is 2. The van der Waals surface area contributed by atoms with Gasteiger partial charge in [-0.15, -0.1) is 0 Å². The number of halogens is 2.